The van der Waals surface area contributed by atoms with Crippen LogP contribution < -0.4 is 10.2 Å². The first-order valence-corrected chi connectivity index (χ1v) is 9.99. The zero-order valence-electron chi connectivity index (χ0n) is 15.5. The highest BCUT2D eigenvalue weighted by Crippen LogP contribution is 2.42. The van der Waals surface area contributed by atoms with E-state index < -0.39 is 11.4 Å². The summed E-state index contributed by atoms with van der Waals surface area (Å²) >= 11 is 6.42. The molecule has 7 heteroatoms. The Hall–Kier alpha value is -1.79. The second-order valence-corrected chi connectivity index (χ2v) is 8.03. The van der Waals surface area contributed by atoms with Crippen molar-refractivity contribution in [3.63, 3.8) is 0 Å². The van der Waals surface area contributed by atoms with Gasteiger partial charge in [-0.25, -0.2) is 0 Å². The number of amides is 1. The Morgan fingerprint density at radius 1 is 1.15 bits per heavy atom. The molecule has 0 spiro atoms. The van der Waals surface area contributed by atoms with E-state index in [2.05, 4.69) is 10.2 Å². The van der Waals surface area contributed by atoms with Gasteiger partial charge in [0.25, 0.3) is 0 Å². The highest BCUT2D eigenvalue weighted by molar-refractivity contribution is 6.33. The van der Waals surface area contributed by atoms with Gasteiger partial charge in [0.1, 0.15) is 0 Å². The summed E-state index contributed by atoms with van der Waals surface area (Å²) in [6.45, 7) is 2.95. The molecule has 148 valence electrons. The molecule has 0 radical (unpaired) electrons. The van der Waals surface area contributed by atoms with Crippen molar-refractivity contribution >= 4 is 34.9 Å². The third-order valence-electron chi connectivity index (χ3n) is 5.56. The molecule has 1 heterocycles. The van der Waals surface area contributed by atoms with E-state index in [0.717, 1.165) is 50.9 Å². The Bertz CT molecular complexity index is 683. The van der Waals surface area contributed by atoms with E-state index in [1.54, 1.807) is 6.07 Å². The molecule has 27 heavy (non-hydrogen) atoms. The fourth-order valence-electron chi connectivity index (χ4n) is 4.23. The molecule has 1 aromatic carbocycles. The molecular formula is C20H27ClN2O4. The number of carboxylic acids is 1. The van der Waals surface area contributed by atoms with Gasteiger partial charge in [0.2, 0.25) is 5.91 Å². The van der Waals surface area contributed by atoms with E-state index in [4.69, 9.17) is 16.3 Å². The molecule has 2 N–H and O–H groups in total. The number of aliphatic carboxylic acids is 1. The molecule has 1 aliphatic heterocycles. The molecule has 6 nitrogen and oxygen atoms in total. The van der Waals surface area contributed by atoms with E-state index in [9.17, 15) is 14.7 Å². The molecule has 1 aromatic rings. The average Bonchev–Trinajstić information content (AvgIpc) is 2.62. The van der Waals surface area contributed by atoms with Gasteiger partial charge in [0.05, 0.1) is 30.3 Å². The van der Waals surface area contributed by atoms with Crippen LogP contribution in [0.1, 0.15) is 44.9 Å². The number of nitrogens with one attached hydrogen (secondary N) is 1. The second-order valence-electron chi connectivity index (χ2n) is 7.62. The minimum atomic E-state index is -0.831. The van der Waals surface area contributed by atoms with Crippen molar-refractivity contribution in [2.75, 3.05) is 36.5 Å². The smallest absolute Gasteiger partial charge is 0.303 e. The van der Waals surface area contributed by atoms with Crippen molar-refractivity contribution in [2.24, 2.45) is 5.41 Å². The number of carbonyl (C=O) groups is 2. The van der Waals surface area contributed by atoms with Crippen LogP contribution in [-0.4, -0.2) is 43.3 Å². The number of ether oxygens (including phenoxy) is 1. The zero-order valence-corrected chi connectivity index (χ0v) is 16.3. The number of rotatable bonds is 6. The van der Waals surface area contributed by atoms with Crippen LogP contribution in [-0.2, 0) is 14.3 Å². The first-order valence-electron chi connectivity index (χ1n) is 9.61. The van der Waals surface area contributed by atoms with Crippen LogP contribution >= 0.6 is 11.6 Å². The molecule has 2 fully saturated rings. The van der Waals surface area contributed by atoms with Crippen LogP contribution in [0.25, 0.3) is 0 Å². The van der Waals surface area contributed by atoms with E-state index in [-0.39, 0.29) is 18.7 Å². The van der Waals surface area contributed by atoms with Crippen LogP contribution in [0.15, 0.2) is 18.2 Å². The number of anilines is 2. The zero-order chi connectivity index (χ0) is 19.3. The minimum absolute atomic E-state index is 0.0527. The molecule has 0 unspecified atom stereocenters. The average molecular weight is 395 g/mol. The van der Waals surface area contributed by atoms with Crippen molar-refractivity contribution in [3.8, 4) is 0 Å². The predicted molar refractivity (Wildman–Crippen MR) is 106 cm³/mol. The van der Waals surface area contributed by atoms with E-state index in [0.29, 0.717) is 23.9 Å². The number of carbonyl (C=O) groups excluding carboxylic acids is 1. The Labute approximate surface area is 164 Å². The summed E-state index contributed by atoms with van der Waals surface area (Å²) < 4.78 is 5.36. The summed E-state index contributed by atoms with van der Waals surface area (Å²) in [6.07, 6.45) is 4.97. The first-order chi connectivity index (χ1) is 13.0. The third-order valence-corrected chi connectivity index (χ3v) is 5.86. The maximum Gasteiger partial charge on any atom is 0.303 e. The topological polar surface area (TPSA) is 78.9 Å². The molecule has 1 amide bonds. The number of halogens is 1. The minimum Gasteiger partial charge on any atom is -0.481 e. The number of carboxylic acid groups (broad SMARTS) is 1. The maximum absolute atomic E-state index is 12.6. The van der Waals surface area contributed by atoms with Crippen LogP contribution in [0.2, 0.25) is 5.02 Å². The normalized spacial score (nSPS) is 19.5. The first kappa shape index (κ1) is 20.0. The molecule has 1 saturated carbocycles. The fraction of sp³-hybridized carbons (Fsp3) is 0.600. The van der Waals surface area contributed by atoms with Crippen LogP contribution in [0.5, 0.6) is 0 Å². The number of hydrogen-bond acceptors (Lipinski definition) is 4. The van der Waals surface area contributed by atoms with Gasteiger partial charge in [0, 0.05) is 25.2 Å². The molecule has 1 aliphatic carbocycles. The van der Waals surface area contributed by atoms with Crippen LogP contribution in [0.4, 0.5) is 11.4 Å². The molecule has 2 aliphatic rings. The highest BCUT2D eigenvalue weighted by atomic mass is 35.5. The second kappa shape index (κ2) is 8.93. The third kappa shape index (κ3) is 5.36. The summed E-state index contributed by atoms with van der Waals surface area (Å²) in [5.74, 6) is -0.976. The predicted octanol–water partition coefficient (Wildman–Crippen LogP) is 3.93. The summed E-state index contributed by atoms with van der Waals surface area (Å²) in [6, 6.07) is 5.52. The molecule has 0 aromatic heterocycles. The molecule has 3 rings (SSSR count). The van der Waals surface area contributed by atoms with Crippen molar-refractivity contribution in [3.05, 3.63) is 23.2 Å². The maximum atomic E-state index is 12.6. The standard InChI is InChI=1S/C20H27ClN2O4/c21-16-12-15(4-5-17(16)23-8-10-27-11-9-23)22-18(24)13-20(14-19(25)26)6-2-1-3-7-20/h4-5,12H,1-3,6-11,13-14H2,(H,22,24)(H,25,26). The lowest BCUT2D eigenvalue weighted by atomic mass is 9.69. The monoisotopic (exact) mass is 394 g/mol. The van der Waals surface area contributed by atoms with Gasteiger partial charge >= 0.3 is 5.97 Å². The van der Waals surface area contributed by atoms with Crippen molar-refractivity contribution in [2.45, 2.75) is 44.9 Å². The van der Waals surface area contributed by atoms with Crippen molar-refractivity contribution in [1.82, 2.24) is 0 Å². The quantitative estimate of drug-likeness (QED) is 0.764. The Kier molecular flexibility index (Phi) is 6.60. The molecule has 0 atom stereocenters. The van der Waals surface area contributed by atoms with Gasteiger partial charge in [-0.1, -0.05) is 30.9 Å². The Morgan fingerprint density at radius 2 is 1.85 bits per heavy atom. The Balaban J connectivity index is 1.64. The number of morpholine rings is 1. The lowest BCUT2D eigenvalue weighted by Crippen LogP contribution is -2.36. The van der Waals surface area contributed by atoms with E-state index >= 15 is 0 Å². The van der Waals surface area contributed by atoms with Crippen LogP contribution in [0.3, 0.4) is 0 Å². The highest BCUT2D eigenvalue weighted by Gasteiger charge is 2.36. The lowest BCUT2D eigenvalue weighted by Gasteiger charge is -2.35. The summed E-state index contributed by atoms with van der Waals surface area (Å²) in [7, 11) is 0. The number of hydrogen-bond donors (Lipinski definition) is 2. The number of nitrogens with zero attached hydrogens (tertiary/aromatic N) is 1. The summed E-state index contributed by atoms with van der Waals surface area (Å²) in [4.78, 5) is 26.0. The largest absolute Gasteiger partial charge is 0.481 e. The number of benzene rings is 1. The van der Waals surface area contributed by atoms with Gasteiger partial charge in [-0.15, -0.1) is 0 Å². The van der Waals surface area contributed by atoms with Gasteiger partial charge in [-0.2, -0.15) is 0 Å². The van der Waals surface area contributed by atoms with E-state index in [1.165, 1.54) is 0 Å². The lowest BCUT2D eigenvalue weighted by molar-refractivity contribution is -0.140. The summed E-state index contributed by atoms with van der Waals surface area (Å²) in [5.41, 5.74) is 1.15. The molecular weight excluding hydrogens is 368 g/mol. The van der Waals surface area contributed by atoms with Crippen LogP contribution in [0, 0.1) is 5.41 Å². The van der Waals surface area contributed by atoms with Crippen molar-refractivity contribution < 1.29 is 19.4 Å². The Morgan fingerprint density at radius 3 is 2.48 bits per heavy atom. The van der Waals surface area contributed by atoms with E-state index in [1.807, 2.05) is 12.1 Å². The fourth-order valence-corrected chi connectivity index (χ4v) is 4.53. The van der Waals surface area contributed by atoms with Gasteiger partial charge in [0.15, 0.2) is 0 Å². The molecule has 0 bridgehead atoms. The van der Waals surface area contributed by atoms with Crippen molar-refractivity contribution in [1.29, 1.82) is 0 Å². The SMILES string of the molecule is O=C(O)CC1(CC(=O)Nc2ccc(N3CCOCC3)c(Cl)c2)CCCCC1. The van der Waals surface area contributed by atoms with Gasteiger partial charge < -0.3 is 20.1 Å². The van der Waals surface area contributed by atoms with Gasteiger partial charge in [-0.3, -0.25) is 9.59 Å². The molecule has 1 saturated heterocycles. The summed E-state index contributed by atoms with van der Waals surface area (Å²) in [5, 5.41) is 12.8. The van der Waals surface area contributed by atoms with Gasteiger partial charge in [-0.05, 0) is 36.5 Å².